The molecule has 0 spiro atoms. The number of hydrogen-bond donors (Lipinski definition) is 1. The first kappa shape index (κ1) is 17.3. The Bertz CT molecular complexity index is 335. The van der Waals surface area contributed by atoms with Crippen LogP contribution in [-0.2, 0) is 4.79 Å². The molecule has 0 aromatic heterocycles. The number of carboxylic acid groups (broad SMARTS) is 1. The first-order chi connectivity index (χ1) is 8.22. The van der Waals surface area contributed by atoms with E-state index in [1.165, 1.54) is 4.90 Å². The number of aliphatic carboxylic acids is 1. The van der Waals surface area contributed by atoms with Gasteiger partial charge in [0, 0.05) is 17.2 Å². The second-order valence-corrected chi connectivity index (χ2v) is 5.00. The molecule has 0 aliphatic carbocycles. The van der Waals surface area contributed by atoms with Crippen molar-refractivity contribution in [3.63, 3.8) is 0 Å². The molecular formula is C13H20ClNO2S. The predicted octanol–water partition coefficient (Wildman–Crippen LogP) is 3.00. The van der Waals surface area contributed by atoms with E-state index in [-0.39, 0.29) is 19.0 Å². The summed E-state index contributed by atoms with van der Waals surface area (Å²) in [7, 11) is 0. The summed E-state index contributed by atoms with van der Waals surface area (Å²) >= 11 is 1.77. The fourth-order valence-electron chi connectivity index (χ4n) is 1.59. The molecule has 1 N–H and O–H groups in total. The van der Waals surface area contributed by atoms with Gasteiger partial charge in [-0.1, -0.05) is 25.1 Å². The van der Waals surface area contributed by atoms with E-state index in [1.54, 1.807) is 11.8 Å². The number of hydrogen-bond acceptors (Lipinski definition) is 3. The fourth-order valence-corrected chi connectivity index (χ4v) is 2.52. The van der Waals surface area contributed by atoms with Crippen LogP contribution in [-0.4, -0.2) is 41.4 Å². The molecule has 0 atom stereocenters. The van der Waals surface area contributed by atoms with Crippen LogP contribution in [0, 0.1) is 0 Å². The second kappa shape index (κ2) is 10.2. The lowest BCUT2D eigenvalue weighted by atomic mass is 10.4. The molecule has 0 saturated carbocycles. The predicted molar refractivity (Wildman–Crippen MR) is 78.8 cm³/mol. The maximum atomic E-state index is 10.7. The Balaban J connectivity index is 0.00000289. The van der Waals surface area contributed by atoms with Crippen molar-refractivity contribution in [3.05, 3.63) is 30.3 Å². The van der Waals surface area contributed by atoms with Gasteiger partial charge in [-0.2, -0.15) is 0 Å². The van der Waals surface area contributed by atoms with Crippen molar-refractivity contribution < 1.29 is 9.90 Å². The minimum absolute atomic E-state index is 0. The molecule has 0 aliphatic heterocycles. The molecule has 0 saturated heterocycles. The smallest absolute Gasteiger partial charge is 0.317 e. The van der Waals surface area contributed by atoms with Crippen LogP contribution in [0.3, 0.4) is 0 Å². The molecule has 0 heterocycles. The zero-order valence-electron chi connectivity index (χ0n) is 10.5. The Kier molecular flexibility index (Phi) is 9.83. The minimum atomic E-state index is -0.747. The molecule has 0 unspecified atom stereocenters. The third-order valence-electron chi connectivity index (χ3n) is 2.32. The summed E-state index contributed by atoms with van der Waals surface area (Å²) in [6.45, 7) is 3.88. The van der Waals surface area contributed by atoms with Gasteiger partial charge in [0.25, 0.3) is 0 Å². The van der Waals surface area contributed by atoms with Crippen LogP contribution in [0.25, 0.3) is 0 Å². The van der Waals surface area contributed by atoms with E-state index < -0.39 is 5.97 Å². The molecule has 0 fully saturated rings. The van der Waals surface area contributed by atoms with Crippen LogP contribution < -0.4 is 0 Å². The van der Waals surface area contributed by atoms with Gasteiger partial charge in [-0.05, 0) is 25.1 Å². The third-order valence-corrected chi connectivity index (χ3v) is 3.31. The van der Waals surface area contributed by atoms with Gasteiger partial charge >= 0.3 is 5.97 Å². The van der Waals surface area contributed by atoms with Gasteiger partial charge in [0.1, 0.15) is 0 Å². The van der Waals surface area contributed by atoms with Crippen LogP contribution in [0.15, 0.2) is 35.2 Å². The highest BCUT2D eigenvalue weighted by molar-refractivity contribution is 7.99. The van der Waals surface area contributed by atoms with E-state index in [9.17, 15) is 4.79 Å². The SMILES string of the molecule is CCCN(CCSc1ccccc1)CC(=O)O.Cl. The maximum absolute atomic E-state index is 10.7. The van der Waals surface area contributed by atoms with E-state index in [1.807, 2.05) is 23.1 Å². The molecule has 1 aromatic rings. The molecule has 1 rings (SSSR count). The van der Waals surface area contributed by atoms with Gasteiger partial charge in [0.2, 0.25) is 0 Å². The third kappa shape index (κ3) is 7.58. The zero-order valence-corrected chi connectivity index (χ0v) is 12.2. The van der Waals surface area contributed by atoms with Crippen molar-refractivity contribution in [1.82, 2.24) is 4.90 Å². The number of carbonyl (C=O) groups is 1. The van der Waals surface area contributed by atoms with Crippen molar-refractivity contribution >= 4 is 30.1 Å². The van der Waals surface area contributed by atoms with Crippen LogP contribution in [0.1, 0.15) is 13.3 Å². The van der Waals surface area contributed by atoms with Crippen LogP contribution in [0.4, 0.5) is 0 Å². The molecule has 1 aromatic carbocycles. The highest BCUT2D eigenvalue weighted by atomic mass is 35.5. The Morgan fingerprint density at radius 1 is 1.28 bits per heavy atom. The highest BCUT2D eigenvalue weighted by Crippen LogP contribution is 2.16. The number of thioether (sulfide) groups is 1. The molecular weight excluding hydrogens is 270 g/mol. The van der Waals surface area contributed by atoms with Gasteiger partial charge < -0.3 is 5.11 Å². The molecule has 5 heteroatoms. The van der Waals surface area contributed by atoms with E-state index in [0.29, 0.717) is 0 Å². The number of benzene rings is 1. The Morgan fingerprint density at radius 2 is 1.94 bits per heavy atom. The monoisotopic (exact) mass is 289 g/mol. The second-order valence-electron chi connectivity index (χ2n) is 3.83. The molecule has 0 aliphatic rings. The number of nitrogens with zero attached hydrogens (tertiary/aromatic N) is 1. The summed E-state index contributed by atoms with van der Waals surface area (Å²) in [5.74, 6) is 0.181. The van der Waals surface area contributed by atoms with E-state index in [2.05, 4.69) is 19.1 Å². The van der Waals surface area contributed by atoms with Crippen molar-refractivity contribution in [2.45, 2.75) is 18.2 Å². The lowest BCUT2D eigenvalue weighted by Crippen LogP contribution is -2.32. The molecule has 0 bridgehead atoms. The fraction of sp³-hybridized carbons (Fsp3) is 0.462. The summed E-state index contributed by atoms with van der Waals surface area (Å²) in [5.41, 5.74) is 0. The first-order valence-corrected chi connectivity index (χ1v) is 6.83. The van der Waals surface area contributed by atoms with Crippen LogP contribution in [0.5, 0.6) is 0 Å². The van der Waals surface area contributed by atoms with E-state index in [4.69, 9.17) is 5.11 Å². The van der Waals surface area contributed by atoms with Crippen molar-refractivity contribution in [2.24, 2.45) is 0 Å². The summed E-state index contributed by atoms with van der Waals surface area (Å²) in [6.07, 6.45) is 0.989. The Labute approximate surface area is 119 Å². The Morgan fingerprint density at radius 3 is 2.50 bits per heavy atom. The summed E-state index contributed by atoms with van der Waals surface area (Å²) in [4.78, 5) is 13.9. The number of rotatable bonds is 8. The van der Waals surface area contributed by atoms with Crippen molar-refractivity contribution in [3.8, 4) is 0 Å². The molecule has 102 valence electrons. The first-order valence-electron chi connectivity index (χ1n) is 5.84. The zero-order chi connectivity index (χ0) is 12.5. The van der Waals surface area contributed by atoms with Crippen LogP contribution in [0.2, 0.25) is 0 Å². The molecule has 0 amide bonds. The molecule has 18 heavy (non-hydrogen) atoms. The summed E-state index contributed by atoms with van der Waals surface area (Å²) < 4.78 is 0. The lowest BCUT2D eigenvalue weighted by Gasteiger charge is -2.18. The Hall–Kier alpha value is -0.710. The van der Waals surface area contributed by atoms with E-state index >= 15 is 0 Å². The maximum Gasteiger partial charge on any atom is 0.317 e. The van der Waals surface area contributed by atoms with Gasteiger partial charge in [0.05, 0.1) is 6.54 Å². The van der Waals surface area contributed by atoms with Gasteiger partial charge in [-0.3, -0.25) is 9.69 Å². The average molecular weight is 290 g/mol. The topological polar surface area (TPSA) is 40.5 Å². The van der Waals surface area contributed by atoms with E-state index in [0.717, 1.165) is 25.3 Å². The van der Waals surface area contributed by atoms with Crippen molar-refractivity contribution in [1.29, 1.82) is 0 Å². The standard InChI is InChI=1S/C13H19NO2S.ClH/c1-2-8-14(11-13(15)16)9-10-17-12-6-4-3-5-7-12;/h3-7H,2,8-11H2,1H3,(H,15,16);1H. The van der Waals surface area contributed by atoms with Gasteiger partial charge in [-0.25, -0.2) is 0 Å². The molecule has 0 radical (unpaired) electrons. The largest absolute Gasteiger partial charge is 0.480 e. The number of halogens is 1. The van der Waals surface area contributed by atoms with Gasteiger partial charge in [0.15, 0.2) is 0 Å². The number of carboxylic acids is 1. The highest BCUT2D eigenvalue weighted by Gasteiger charge is 2.08. The quantitative estimate of drug-likeness (QED) is 0.747. The molecule has 3 nitrogen and oxygen atoms in total. The van der Waals surface area contributed by atoms with Crippen LogP contribution >= 0.6 is 24.2 Å². The summed E-state index contributed by atoms with van der Waals surface area (Å²) in [5, 5.41) is 8.78. The van der Waals surface area contributed by atoms with Crippen molar-refractivity contribution in [2.75, 3.05) is 25.4 Å². The minimum Gasteiger partial charge on any atom is -0.480 e. The normalized spacial score (nSPS) is 10.1. The lowest BCUT2D eigenvalue weighted by molar-refractivity contribution is -0.138. The summed E-state index contributed by atoms with van der Waals surface area (Å²) in [6, 6.07) is 10.2. The average Bonchev–Trinajstić information content (AvgIpc) is 2.30. The van der Waals surface area contributed by atoms with Gasteiger partial charge in [-0.15, -0.1) is 24.2 Å².